The second-order valence-corrected chi connectivity index (χ2v) is 13.6. The van der Waals surface area contributed by atoms with Gasteiger partial charge in [0.05, 0.1) is 5.56 Å². The van der Waals surface area contributed by atoms with E-state index in [-0.39, 0.29) is 40.4 Å². The van der Waals surface area contributed by atoms with Crippen LogP contribution in [0.15, 0.2) is 28.7 Å². The van der Waals surface area contributed by atoms with Gasteiger partial charge in [-0.15, -0.1) is 0 Å². The van der Waals surface area contributed by atoms with E-state index in [1.54, 1.807) is 0 Å². The lowest BCUT2D eigenvalue weighted by molar-refractivity contribution is -0.149. The molecule has 4 atom stereocenters. The molecular formula is C33H44O7. The molecule has 1 aromatic rings. The summed E-state index contributed by atoms with van der Waals surface area (Å²) in [5, 5.41) is 45.7. The van der Waals surface area contributed by atoms with Crippen LogP contribution in [0.25, 0.3) is 0 Å². The molecule has 0 aromatic heterocycles. The molecule has 7 heteroatoms. The van der Waals surface area contributed by atoms with E-state index < -0.39 is 52.0 Å². The monoisotopic (exact) mass is 552 g/mol. The van der Waals surface area contributed by atoms with Crippen LogP contribution in [-0.4, -0.2) is 43.4 Å². The lowest BCUT2D eigenvalue weighted by atomic mass is 9.55. The lowest BCUT2D eigenvalue weighted by Gasteiger charge is -2.50. The molecule has 1 aromatic carbocycles. The van der Waals surface area contributed by atoms with Gasteiger partial charge in [0.25, 0.3) is 0 Å². The highest BCUT2D eigenvalue weighted by Gasteiger charge is 2.62. The maximum Gasteiger partial charge on any atom is 0.209 e. The summed E-state index contributed by atoms with van der Waals surface area (Å²) in [5.74, 6) is -6.01. The molecule has 3 aliphatic carbocycles. The van der Waals surface area contributed by atoms with Crippen LogP contribution in [0.1, 0.15) is 101 Å². The van der Waals surface area contributed by atoms with E-state index in [4.69, 9.17) is 0 Å². The summed E-state index contributed by atoms with van der Waals surface area (Å²) >= 11 is 0. The number of allylic oxidation sites excluding steroid dienone is 2. The zero-order valence-corrected chi connectivity index (χ0v) is 24.9. The Morgan fingerprint density at radius 2 is 1.75 bits per heavy atom. The number of rotatable bonds is 7. The average Bonchev–Trinajstić information content (AvgIpc) is 2.83. The van der Waals surface area contributed by atoms with Gasteiger partial charge in [-0.3, -0.25) is 14.4 Å². The molecule has 0 spiro atoms. The zero-order valence-electron chi connectivity index (χ0n) is 24.9. The molecule has 0 amide bonds. The van der Waals surface area contributed by atoms with Crippen LogP contribution in [0.5, 0.6) is 5.75 Å². The van der Waals surface area contributed by atoms with Gasteiger partial charge in [-0.05, 0) is 79.4 Å². The summed E-state index contributed by atoms with van der Waals surface area (Å²) in [6.07, 6.45) is 4.54. The predicted octanol–water partition coefficient (Wildman–Crippen LogP) is 5.89. The molecule has 4 N–H and O–H groups in total. The molecule has 218 valence electrons. The molecule has 0 bridgehead atoms. The highest BCUT2D eigenvalue weighted by molar-refractivity contribution is 6.25. The van der Waals surface area contributed by atoms with E-state index >= 15 is 0 Å². The normalized spacial score (nSPS) is 26.7. The Labute approximate surface area is 237 Å². The first-order chi connectivity index (χ1) is 18.6. The van der Waals surface area contributed by atoms with Crippen molar-refractivity contribution in [3.05, 3.63) is 51.0 Å². The highest BCUT2D eigenvalue weighted by Crippen LogP contribution is 2.55. The number of carbonyl (C=O) groups is 3. The molecule has 3 aliphatic rings. The van der Waals surface area contributed by atoms with Crippen molar-refractivity contribution in [3.63, 3.8) is 0 Å². The van der Waals surface area contributed by atoms with E-state index in [0.29, 0.717) is 18.4 Å². The van der Waals surface area contributed by atoms with E-state index in [1.165, 1.54) is 0 Å². The molecule has 0 saturated heterocycles. The Morgan fingerprint density at radius 1 is 1.10 bits per heavy atom. The van der Waals surface area contributed by atoms with Crippen LogP contribution in [0.3, 0.4) is 0 Å². The van der Waals surface area contributed by atoms with Crippen molar-refractivity contribution < 1.29 is 34.8 Å². The quantitative estimate of drug-likeness (QED) is 0.310. The van der Waals surface area contributed by atoms with E-state index in [0.717, 1.165) is 43.7 Å². The fourth-order valence-electron chi connectivity index (χ4n) is 7.30. The molecule has 4 rings (SSSR count). The SMILES string of the molecule is CCCc1cc(CCCC(C)(C)C)c2c(c1O)C(=O)C1=C(O)[C@@]3(O)C(=O)C(C(C)=O)=C(O)C(C(C)C)C3CC1C2. The molecule has 0 heterocycles. The van der Waals surface area contributed by atoms with Crippen molar-refractivity contribution in [2.45, 2.75) is 99.0 Å². The van der Waals surface area contributed by atoms with Gasteiger partial charge in [0.1, 0.15) is 22.8 Å². The minimum Gasteiger partial charge on any atom is -0.511 e. The molecule has 3 unspecified atom stereocenters. The summed E-state index contributed by atoms with van der Waals surface area (Å²) in [7, 11) is 0. The smallest absolute Gasteiger partial charge is 0.209 e. The molecule has 0 radical (unpaired) electrons. The van der Waals surface area contributed by atoms with Gasteiger partial charge in [0.2, 0.25) is 5.78 Å². The number of ketones is 3. The number of benzene rings is 1. The Kier molecular flexibility index (Phi) is 7.87. The number of hydrogen-bond acceptors (Lipinski definition) is 7. The van der Waals surface area contributed by atoms with Crippen LogP contribution in [0, 0.1) is 29.1 Å². The third kappa shape index (κ3) is 4.70. The second kappa shape index (κ2) is 10.5. The summed E-state index contributed by atoms with van der Waals surface area (Å²) in [4.78, 5) is 40.1. The number of aryl methyl sites for hydroxylation is 2. The first-order valence-corrected chi connectivity index (χ1v) is 14.6. The Morgan fingerprint density at radius 3 is 2.30 bits per heavy atom. The number of phenols is 1. The van der Waals surface area contributed by atoms with Gasteiger partial charge < -0.3 is 20.4 Å². The second-order valence-electron chi connectivity index (χ2n) is 13.6. The van der Waals surface area contributed by atoms with Crippen molar-refractivity contribution in [3.8, 4) is 5.75 Å². The third-order valence-corrected chi connectivity index (χ3v) is 9.14. The number of aliphatic hydroxyl groups excluding tert-OH is 2. The van der Waals surface area contributed by atoms with Gasteiger partial charge in [-0.2, -0.15) is 0 Å². The van der Waals surface area contributed by atoms with E-state index in [2.05, 4.69) is 20.8 Å². The van der Waals surface area contributed by atoms with Gasteiger partial charge in [0, 0.05) is 17.4 Å². The molecule has 0 aliphatic heterocycles. The fraction of sp³-hybridized carbons (Fsp3) is 0.606. The van der Waals surface area contributed by atoms with Gasteiger partial charge in [0.15, 0.2) is 17.2 Å². The Bertz CT molecular complexity index is 1320. The Balaban J connectivity index is 1.90. The third-order valence-electron chi connectivity index (χ3n) is 9.14. The molecular weight excluding hydrogens is 508 g/mol. The number of fused-ring (bicyclic) bond motifs is 3. The van der Waals surface area contributed by atoms with Crippen LogP contribution in [0.4, 0.5) is 0 Å². The standard InChI is InChI=1S/C33H44O7/c1-8-10-19-13-18(11-9-12-32(5,6)7)21-14-20-15-22-23(16(2)3)28(36)24(17(4)34)30(38)33(22,40)31(39)25(20)29(37)26(21)27(19)35/h13,16,20,22-23,35-36,39-40H,8-12,14-15H2,1-7H3/t20?,22?,23?,33-/m0/s1. The summed E-state index contributed by atoms with van der Waals surface area (Å²) < 4.78 is 0. The molecule has 0 fully saturated rings. The lowest BCUT2D eigenvalue weighted by Crippen LogP contribution is -2.60. The number of aliphatic hydroxyl groups is 3. The largest absolute Gasteiger partial charge is 0.511 e. The maximum absolute atomic E-state index is 14.1. The van der Waals surface area contributed by atoms with Gasteiger partial charge in [-0.1, -0.05) is 54.0 Å². The molecule has 40 heavy (non-hydrogen) atoms. The minimum absolute atomic E-state index is 0.0732. The van der Waals surface area contributed by atoms with Crippen molar-refractivity contribution in [2.75, 3.05) is 0 Å². The zero-order chi connectivity index (χ0) is 29.9. The van der Waals surface area contributed by atoms with Crippen LogP contribution in [0.2, 0.25) is 0 Å². The maximum atomic E-state index is 14.1. The highest BCUT2D eigenvalue weighted by atomic mass is 16.3. The number of phenolic OH excluding ortho intramolecular Hbond substituents is 1. The van der Waals surface area contributed by atoms with Crippen molar-refractivity contribution in [2.24, 2.45) is 29.1 Å². The number of aromatic hydroxyl groups is 1. The average molecular weight is 553 g/mol. The van der Waals surface area contributed by atoms with Crippen molar-refractivity contribution >= 4 is 17.3 Å². The van der Waals surface area contributed by atoms with Crippen LogP contribution >= 0.6 is 0 Å². The van der Waals surface area contributed by atoms with Crippen molar-refractivity contribution in [1.82, 2.24) is 0 Å². The Hall–Kier alpha value is -2.93. The first-order valence-electron chi connectivity index (χ1n) is 14.6. The molecule has 0 saturated carbocycles. The van der Waals surface area contributed by atoms with Crippen molar-refractivity contribution in [1.29, 1.82) is 0 Å². The summed E-state index contributed by atoms with van der Waals surface area (Å²) in [6.45, 7) is 13.3. The fourth-order valence-corrected chi connectivity index (χ4v) is 7.30. The number of hydrogen-bond donors (Lipinski definition) is 4. The number of Topliss-reactive ketones (excluding diaryl/α,β-unsaturated/α-hetero) is 3. The first kappa shape index (κ1) is 30.0. The number of carbonyl (C=O) groups excluding carboxylic acids is 3. The van der Waals surface area contributed by atoms with Gasteiger partial charge in [-0.25, -0.2) is 0 Å². The topological polar surface area (TPSA) is 132 Å². The minimum atomic E-state index is -2.51. The molecule has 7 nitrogen and oxygen atoms in total. The van der Waals surface area contributed by atoms with Gasteiger partial charge >= 0.3 is 0 Å². The summed E-state index contributed by atoms with van der Waals surface area (Å²) in [5.41, 5.74) is -0.366. The summed E-state index contributed by atoms with van der Waals surface area (Å²) in [6, 6.07) is 2.01. The van der Waals surface area contributed by atoms with E-state index in [9.17, 15) is 34.8 Å². The van der Waals surface area contributed by atoms with E-state index in [1.807, 2.05) is 26.8 Å². The van der Waals surface area contributed by atoms with Crippen LogP contribution < -0.4 is 0 Å². The van der Waals surface area contributed by atoms with Crippen LogP contribution in [-0.2, 0) is 28.9 Å². The predicted molar refractivity (Wildman–Crippen MR) is 152 cm³/mol.